The van der Waals surface area contributed by atoms with Gasteiger partial charge < -0.3 is 105 Å². The van der Waals surface area contributed by atoms with Gasteiger partial charge in [0.25, 0.3) is 53.2 Å². The standard InChI is InChI=1S/C65H76N22O12/c1-79(20-11-16-68-55(88)37-13-10-14-38(23-37)65(98)99)21-12-17-69-57(90)46-24-40(31-81(46)3)72-60(93)49-27-43(34-84(49)6)75-61(94)50-28-42(33-85(50)7)74-59(92)48-26-39(30-83(48)5)71-56(89)45(66)15-18-70-58(91)47-25-41(32-82(47)4)73-62(95)51-29-44(35-86(51)8)76-64(97)54-77-52(36-87(54)9)78-63(96)53-67-19-22-80(53)2/h10,13-14,19,22-36,45H,11-12,15-18,20-21,66H2,1-9H3,(H,68,88)(H,69,90)(H,70,91)(H,71,89)(H,72,93)(H,73,95)(H,74,92)(H,75,94)(H,76,97)(H,78,96)(H,98,99)/t45-/m1/s1. The first-order valence-corrected chi connectivity index (χ1v) is 30.9. The molecule has 99 heavy (non-hydrogen) atoms. The zero-order chi connectivity index (χ0) is 71.5. The highest BCUT2D eigenvalue weighted by atomic mass is 16.4. The van der Waals surface area contributed by atoms with Gasteiger partial charge in [-0.3, -0.25) is 47.9 Å². The Bertz CT molecular complexity index is 4600. The molecule has 10 amide bonds. The minimum absolute atomic E-state index is 0.00212. The van der Waals surface area contributed by atoms with Gasteiger partial charge in [-0.05, 0) is 94.0 Å². The summed E-state index contributed by atoms with van der Waals surface area (Å²) < 4.78 is 12.1. The maximum atomic E-state index is 13.6. The van der Waals surface area contributed by atoms with Gasteiger partial charge in [-0.1, -0.05) is 6.07 Å². The minimum atomic E-state index is -1.11. The first kappa shape index (κ1) is 70.7. The fourth-order valence-corrected chi connectivity index (χ4v) is 10.6. The second kappa shape index (κ2) is 30.9. The fourth-order valence-electron chi connectivity index (χ4n) is 10.6. The zero-order valence-corrected chi connectivity index (χ0v) is 55.6. The molecule has 0 radical (unpaired) electrons. The van der Waals surface area contributed by atoms with E-state index in [2.05, 4.69) is 68.0 Å². The maximum Gasteiger partial charge on any atom is 0.335 e. The van der Waals surface area contributed by atoms with Crippen LogP contribution in [-0.2, 0) is 61.2 Å². The van der Waals surface area contributed by atoms with Gasteiger partial charge >= 0.3 is 5.97 Å². The molecular weight excluding hydrogens is 1280 g/mol. The van der Waals surface area contributed by atoms with Crippen LogP contribution in [0.1, 0.15) is 124 Å². The highest BCUT2D eigenvalue weighted by molar-refractivity contribution is 6.10. The van der Waals surface area contributed by atoms with Crippen molar-refractivity contribution < 1.29 is 57.8 Å². The van der Waals surface area contributed by atoms with Gasteiger partial charge in [-0.15, -0.1) is 0 Å². The summed E-state index contributed by atoms with van der Waals surface area (Å²) in [5, 5.41) is 36.8. The quantitative estimate of drug-likeness (QED) is 0.0299. The number of aromatic carboxylic acids is 1. The topological polar surface area (TPSA) is 423 Å². The molecule has 0 aliphatic rings. The van der Waals surface area contributed by atoms with Gasteiger partial charge in [0.1, 0.15) is 34.2 Å². The maximum absolute atomic E-state index is 13.6. The molecule has 0 spiro atoms. The lowest BCUT2D eigenvalue weighted by Crippen LogP contribution is -2.39. The van der Waals surface area contributed by atoms with Crippen LogP contribution in [0.15, 0.2) is 116 Å². The summed E-state index contributed by atoms with van der Waals surface area (Å²) in [5.74, 6) is -5.89. The molecule has 518 valence electrons. The van der Waals surface area contributed by atoms with Crippen LogP contribution in [0, 0.1) is 0 Å². The Balaban J connectivity index is 0.674. The van der Waals surface area contributed by atoms with E-state index in [1.54, 1.807) is 91.7 Å². The lowest BCUT2D eigenvalue weighted by molar-refractivity contribution is -0.117. The Kier molecular flexibility index (Phi) is 22.1. The molecule has 34 heteroatoms. The van der Waals surface area contributed by atoms with Crippen LogP contribution in [0.3, 0.4) is 0 Å². The number of imidazole rings is 2. The summed E-state index contributed by atoms with van der Waals surface area (Å²) in [5.41, 5.74) is 9.53. The molecule has 0 unspecified atom stereocenters. The number of carboxylic acids is 1. The molecule has 8 aromatic heterocycles. The number of hydrogen-bond donors (Lipinski definition) is 12. The third kappa shape index (κ3) is 17.7. The van der Waals surface area contributed by atoms with Crippen molar-refractivity contribution in [1.82, 2.24) is 67.4 Å². The van der Waals surface area contributed by atoms with Gasteiger partial charge in [0.2, 0.25) is 11.7 Å². The third-order valence-corrected chi connectivity index (χ3v) is 15.8. The summed E-state index contributed by atoms with van der Waals surface area (Å²) in [6.07, 6.45) is 15.2. The van der Waals surface area contributed by atoms with E-state index in [9.17, 15) is 57.8 Å². The number of carboxylic acid groups (broad SMARTS) is 1. The van der Waals surface area contributed by atoms with Crippen LogP contribution in [0.2, 0.25) is 0 Å². The van der Waals surface area contributed by atoms with Gasteiger partial charge in [0, 0.05) is 137 Å². The third-order valence-electron chi connectivity index (χ3n) is 15.8. The van der Waals surface area contributed by atoms with E-state index in [0.717, 1.165) is 0 Å². The lowest BCUT2D eigenvalue weighted by Gasteiger charge is -2.17. The van der Waals surface area contributed by atoms with Gasteiger partial charge in [0.15, 0.2) is 11.6 Å². The average molecular weight is 1360 g/mol. The number of nitrogens with zero attached hydrogens (tertiary/aromatic N) is 11. The van der Waals surface area contributed by atoms with Crippen LogP contribution in [0.5, 0.6) is 0 Å². The second-order valence-electron chi connectivity index (χ2n) is 23.5. The molecule has 0 saturated carbocycles. The van der Waals surface area contributed by atoms with Crippen molar-refractivity contribution in [2.75, 3.05) is 77.0 Å². The number of aromatic nitrogens is 10. The van der Waals surface area contributed by atoms with E-state index in [1.165, 1.54) is 118 Å². The molecule has 9 rings (SSSR count). The Labute approximate surface area is 565 Å². The number of rotatable bonds is 29. The summed E-state index contributed by atoms with van der Waals surface area (Å²) >= 11 is 0. The molecule has 13 N–H and O–H groups in total. The van der Waals surface area contributed by atoms with E-state index < -0.39 is 59.3 Å². The van der Waals surface area contributed by atoms with Crippen molar-refractivity contribution in [1.29, 1.82) is 0 Å². The van der Waals surface area contributed by atoms with E-state index in [0.29, 0.717) is 61.8 Å². The van der Waals surface area contributed by atoms with E-state index in [-0.39, 0.29) is 98.9 Å². The number of benzene rings is 1. The Hall–Kier alpha value is -12.6. The highest BCUT2D eigenvalue weighted by Crippen LogP contribution is 2.24. The molecule has 0 aliphatic heterocycles. The normalized spacial score (nSPS) is 11.4. The molecule has 1 atom stereocenters. The van der Waals surface area contributed by atoms with Crippen molar-refractivity contribution in [3.8, 4) is 0 Å². The molecule has 0 aliphatic carbocycles. The number of carbonyl (C=O) groups is 11. The van der Waals surface area contributed by atoms with Crippen molar-refractivity contribution in [2.45, 2.75) is 25.3 Å². The monoisotopic (exact) mass is 1360 g/mol. The number of hydrogen-bond acceptors (Lipinski definition) is 15. The summed E-state index contributed by atoms with van der Waals surface area (Å²) in [4.78, 5) is 154. The van der Waals surface area contributed by atoms with Crippen molar-refractivity contribution in [3.05, 3.63) is 173 Å². The van der Waals surface area contributed by atoms with Crippen LogP contribution in [0.25, 0.3) is 0 Å². The number of nitrogens with two attached hydrogens (primary N) is 1. The number of anilines is 7. The number of aryl methyl sites for hydroxylation is 8. The van der Waals surface area contributed by atoms with E-state index in [4.69, 9.17) is 5.73 Å². The van der Waals surface area contributed by atoms with Gasteiger partial charge in [-0.2, -0.15) is 0 Å². The van der Waals surface area contributed by atoms with Crippen LogP contribution < -0.4 is 58.9 Å². The second-order valence-corrected chi connectivity index (χ2v) is 23.5. The molecule has 34 nitrogen and oxygen atoms in total. The molecule has 8 heterocycles. The predicted molar refractivity (Wildman–Crippen MR) is 365 cm³/mol. The van der Waals surface area contributed by atoms with Gasteiger partial charge in [0.05, 0.1) is 45.7 Å². The summed E-state index contributed by atoms with van der Waals surface area (Å²) in [6.45, 7) is 2.13. The molecule has 0 fully saturated rings. The van der Waals surface area contributed by atoms with Crippen molar-refractivity contribution in [3.63, 3.8) is 0 Å². The number of carbonyl (C=O) groups excluding carboxylic acids is 10. The van der Waals surface area contributed by atoms with Gasteiger partial charge in [-0.25, -0.2) is 14.8 Å². The van der Waals surface area contributed by atoms with Crippen LogP contribution in [-0.4, -0.2) is 167 Å². The largest absolute Gasteiger partial charge is 0.478 e. The zero-order valence-electron chi connectivity index (χ0n) is 55.6. The van der Waals surface area contributed by atoms with E-state index in [1.807, 2.05) is 7.05 Å². The molecule has 9 aromatic rings. The molecule has 0 bridgehead atoms. The first-order chi connectivity index (χ1) is 47.1. The Morgan fingerprint density at radius 1 is 0.434 bits per heavy atom. The average Bonchev–Trinajstić information content (AvgIpc) is 1.69. The SMILES string of the molecule is CN(CCCNC(=O)c1cccc(C(=O)O)c1)CCCNC(=O)c1cc(NC(=O)c2cc(NC(=O)c3cc(NC(=O)c4cc(NC(=O)[C@H](N)CCNC(=O)c5cc(NC(=O)c6cc(NC(=O)c7nc(NC(=O)c8nccn8C)cn7C)cn6C)cn5C)cn4C)cn3C)cn2C)cn1C. The number of nitrogens with one attached hydrogen (secondary N) is 10. The lowest BCUT2D eigenvalue weighted by atomic mass is 10.1. The fraction of sp³-hybridized carbons (Fsp3) is 0.277. The number of amides is 10. The summed E-state index contributed by atoms with van der Waals surface area (Å²) in [6, 6.07) is 13.6. The minimum Gasteiger partial charge on any atom is -0.478 e. The smallest absolute Gasteiger partial charge is 0.335 e. The Morgan fingerprint density at radius 3 is 1.22 bits per heavy atom. The molecule has 1 aromatic carbocycles. The van der Waals surface area contributed by atoms with E-state index >= 15 is 0 Å². The van der Waals surface area contributed by atoms with Crippen molar-refractivity contribution >= 4 is 105 Å². The molecular formula is C65H76N22O12. The van der Waals surface area contributed by atoms with Crippen molar-refractivity contribution in [2.24, 2.45) is 62.1 Å². The van der Waals surface area contributed by atoms with Crippen LogP contribution in [0.4, 0.5) is 39.9 Å². The first-order valence-electron chi connectivity index (χ1n) is 30.9. The summed E-state index contributed by atoms with van der Waals surface area (Å²) in [7, 11) is 14.9. The Morgan fingerprint density at radius 2 is 0.808 bits per heavy atom. The van der Waals surface area contributed by atoms with Crippen LogP contribution >= 0.6 is 0 Å². The molecule has 0 saturated heterocycles. The highest BCUT2D eigenvalue weighted by Gasteiger charge is 2.25. The predicted octanol–water partition coefficient (Wildman–Crippen LogP) is 3.35.